The molecule has 2 aromatic rings. The molecule has 1 aromatic heterocycles. The van der Waals surface area contributed by atoms with Gasteiger partial charge in [0.05, 0.1) is 5.02 Å². The molecular weight excluding hydrogens is 301 g/mol. The number of aromatic nitrogens is 1. The van der Waals surface area contributed by atoms with Crippen LogP contribution in [0.2, 0.25) is 10.0 Å². The van der Waals surface area contributed by atoms with E-state index >= 15 is 0 Å². The summed E-state index contributed by atoms with van der Waals surface area (Å²) in [5.41, 5.74) is 5.29. The van der Waals surface area contributed by atoms with Gasteiger partial charge >= 0.3 is 0 Å². The van der Waals surface area contributed by atoms with E-state index in [0.29, 0.717) is 21.0 Å². The lowest BCUT2D eigenvalue weighted by atomic mass is 10.4. The molecule has 2 rings (SSSR count). The molecule has 0 spiro atoms. The first-order chi connectivity index (χ1) is 8.47. The van der Waals surface area contributed by atoms with Crippen LogP contribution in [-0.2, 0) is 0 Å². The second-order valence-corrected chi connectivity index (χ2v) is 5.19. The monoisotopic (exact) mass is 306 g/mol. The Kier molecular flexibility index (Phi) is 3.94. The molecule has 7 heteroatoms. The highest BCUT2D eigenvalue weighted by atomic mass is 35.5. The Bertz CT molecular complexity index is 608. The fourth-order valence-electron chi connectivity index (χ4n) is 1.19. The van der Waals surface area contributed by atoms with Crippen molar-refractivity contribution < 1.29 is 8.78 Å². The summed E-state index contributed by atoms with van der Waals surface area (Å²) in [4.78, 5) is 4.14. The lowest BCUT2D eigenvalue weighted by Gasteiger charge is -2.06. The number of pyridine rings is 1. The minimum Gasteiger partial charge on any atom is -0.381 e. The van der Waals surface area contributed by atoms with Gasteiger partial charge < -0.3 is 5.73 Å². The number of halogens is 4. The molecule has 0 aliphatic carbocycles. The van der Waals surface area contributed by atoms with Crippen molar-refractivity contribution in [2.75, 3.05) is 5.73 Å². The van der Waals surface area contributed by atoms with Gasteiger partial charge in [0.25, 0.3) is 0 Å². The fourth-order valence-corrected chi connectivity index (χ4v) is 2.52. The van der Waals surface area contributed by atoms with E-state index < -0.39 is 11.6 Å². The van der Waals surface area contributed by atoms with E-state index in [1.54, 1.807) is 18.2 Å². The zero-order valence-electron chi connectivity index (χ0n) is 8.75. The maximum Gasteiger partial charge on any atom is 0.168 e. The molecule has 0 unspecified atom stereocenters. The largest absolute Gasteiger partial charge is 0.381 e. The molecule has 0 saturated carbocycles. The van der Waals surface area contributed by atoms with Crippen LogP contribution in [0.4, 0.5) is 14.6 Å². The van der Waals surface area contributed by atoms with Crippen molar-refractivity contribution in [3.63, 3.8) is 0 Å². The molecule has 0 aliphatic heterocycles. The first kappa shape index (κ1) is 13.4. The molecule has 0 fully saturated rings. The van der Waals surface area contributed by atoms with Crippen molar-refractivity contribution in [1.82, 2.24) is 4.98 Å². The van der Waals surface area contributed by atoms with Gasteiger partial charge in [-0.1, -0.05) is 35.0 Å². The molecule has 0 amide bonds. The highest BCUT2D eigenvalue weighted by molar-refractivity contribution is 7.99. The van der Waals surface area contributed by atoms with Crippen LogP contribution in [0.1, 0.15) is 0 Å². The molecule has 0 aliphatic rings. The molecule has 1 heterocycles. The van der Waals surface area contributed by atoms with Crippen molar-refractivity contribution in [2.24, 2.45) is 0 Å². The van der Waals surface area contributed by atoms with Gasteiger partial charge in [0.1, 0.15) is 5.03 Å². The molecule has 94 valence electrons. The number of nitrogens with zero attached hydrogens (tertiary/aromatic N) is 1. The molecular formula is C11H6Cl2F2N2S. The van der Waals surface area contributed by atoms with Crippen molar-refractivity contribution in [2.45, 2.75) is 9.92 Å². The number of nitrogens with two attached hydrogens (primary N) is 1. The SMILES string of the molecule is Nc1nc(Sc2cc(Cl)ccc2Cl)c(F)cc1F. The zero-order chi connectivity index (χ0) is 13.3. The third kappa shape index (κ3) is 2.85. The molecule has 0 radical (unpaired) electrons. The lowest BCUT2D eigenvalue weighted by Crippen LogP contribution is -1.98. The van der Waals surface area contributed by atoms with Crippen LogP contribution in [0.3, 0.4) is 0 Å². The Balaban J connectivity index is 2.40. The van der Waals surface area contributed by atoms with E-state index in [2.05, 4.69) is 4.98 Å². The number of rotatable bonds is 2. The number of hydrogen-bond acceptors (Lipinski definition) is 3. The van der Waals surface area contributed by atoms with E-state index in [-0.39, 0.29) is 10.8 Å². The van der Waals surface area contributed by atoms with Crippen molar-refractivity contribution in [1.29, 1.82) is 0 Å². The first-order valence-corrected chi connectivity index (χ1v) is 6.29. The summed E-state index contributed by atoms with van der Waals surface area (Å²) in [5.74, 6) is -2.06. The molecule has 2 nitrogen and oxygen atoms in total. The third-order valence-corrected chi connectivity index (χ3v) is 3.74. The van der Waals surface area contributed by atoms with E-state index in [4.69, 9.17) is 28.9 Å². The summed E-state index contributed by atoms with van der Waals surface area (Å²) in [6, 6.07) is 5.44. The number of anilines is 1. The molecule has 1 aromatic carbocycles. The van der Waals surface area contributed by atoms with Crippen LogP contribution in [0.25, 0.3) is 0 Å². The van der Waals surface area contributed by atoms with Gasteiger partial charge in [0.15, 0.2) is 17.5 Å². The van der Waals surface area contributed by atoms with E-state index in [0.717, 1.165) is 11.8 Å². The molecule has 0 saturated heterocycles. The second-order valence-electron chi connectivity index (χ2n) is 3.32. The van der Waals surface area contributed by atoms with Crippen LogP contribution in [0.5, 0.6) is 0 Å². The lowest BCUT2D eigenvalue weighted by molar-refractivity contribution is 0.552. The van der Waals surface area contributed by atoms with Gasteiger partial charge in [-0.25, -0.2) is 13.8 Å². The summed E-state index contributed by atoms with van der Waals surface area (Å²) in [6.45, 7) is 0. The predicted octanol–water partition coefficient (Wildman–Crippen LogP) is 4.40. The molecule has 0 bridgehead atoms. The Morgan fingerprint density at radius 1 is 1.11 bits per heavy atom. The van der Waals surface area contributed by atoms with Crippen LogP contribution in [0.15, 0.2) is 34.2 Å². The predicted molar refractivity (Wildman–Crippen MR) is 69.2 cm³/mol. The minimum absolute atomic E-state index is 0.0573. The number of nitrogen functional groups attached to an aromatic ring is 1. The van der Waals surface area contributed by atoms with Gasteiger partial charge in [-0.15, -0.1) is 0 Å². The summed E-state index contributed by atoms with van der Waals surface area (Å²) in [6.07, 6.45) is 0. The number of hydrogen-bond donors (Lipinski definition) is 1. The Labute approximate surface area is 116 Å². The average Bonchev–Trinajstić information content (AvgIpc) is 2.30. The second kappa shape index (κ2) is 5.30. The molecule has 18 heavy (non-hydrogen) atoms. The average molecular weight is 307 g/mol. The van der Waals surface area contributed by atoms with Crippen molar-refractivity contribution in [3.05, 3.63) is 45.9 Å². The molecule has 0 atom stereocenters. The summed E-state index contributed by atoms with van der Waals surface area (Å²) in [7, 11) is 0. The van der Waals surface area contributed by atoms with Crippen LogP contribution in [-0.4, -0.2) is 4.98 Å². The maximum absolute atomic E-state index is 13.5. The first-order valence-electron chi connectivity index (χ1n) is 4.72. The van der Waals surface area contributed by atoms with Crippen molar-refractivity contribution in [3.8, 4) is 0 Å². The highest BCUT2D eigenvalue weighted by Gasteiger charge is 2.13. The van der Waals surface area contributed by atoms with E-state index in [1.165, 1.54) is 0 Å². The minimum atomic E-state index is -0.894. The summed E-state index contributed by atoms with van der Waals surface area (Å²) in [5, 5.41) is 0.795. The van der Waals surface area contributed by atoms with Gasteiger partial charge in [-0.2, -0.15) is 0 Å². The van der Waals surface area contributed by atoms with Gasteiger partial charge in [0, 0.05) is 16.0 Å². The maximum atomic E-state index is 13.5. The zero-order valence-corrected chi connectivity index (χ0v) is 11.1. The summed E-state index contributed by atoms with van der Waals surface area (Å²) < 4.78 is 26.5. The Morgan fingerprint density at radius 3 is 2.56 bits per heavy atom. The van der Waals surface area contributed by atoms with Gasteiger partial charge in [-0.3, -0.25) is 0 Å². The summed E-state index contributed by atoms with van der Waals surface area (Å²) >= 11 is 12.7. The normalized spacial score (nSPS) is 10.7. The van der Waals surface area contributed by atoms with E-state index in [9.17, 15) is 8.78 Å². The van der Waals surface area contributed by atoms with Gasteiger partial charge in [-0.05, 0) is 18.2 Å². The van der Waals surface area contributed by atoms with Crippen molar-refractivity contribution >= 4 is 40.8 Å². The molecule has 2 N–H and O–H groups in total. The Morgan fingerprint density at radius 2 is 1.83 bits per heavy atom. The smallest absolute Gasteiger partial charge is 0.168 e. The van der Waals surface area contributed by atoms with Crippen LogP contribution in [0, 0.1) is 11.6 Å². The van der Waals surface area contributed by atoms with Crippen LogP contribution < -0.4 is 5.73 Å². The van der Waals surface area contributed by atoms with E-state index in [1.807, 2.05) is 0 Å². The van der Waals surface area contributed by atoms with Crippen LogP contribution >= 0.6 is 35.0 Å². The number of benzene rings is 1. The third-order valence-electron chi connectivity index (χ3n) is 2.02. The highest BCUT2D eigenvalue weighted by Crippen LogP contribution is 2.35. The topological polar surface area (TPSA) is 38.9 Å². The fraction of sp³-hybridized carbons (Fsp3) is 0. The Hall–Kier alpha value is -1.04. The quantitative estimate of drug-likeness (QED) is 0.893. The standard InChI is InChI=1S/C11H6Cl2F2N2S/c12-5-1-2-6(13)9(3-5)18-11-8(15)4-7(14)10(16)17-11/h1-4H,(H2,16,17). The van der Waals surface area contributed by atoms with Gasteiger partial charge in [0.2, 0.25) is 0 Å².